The van der Waals surface area contributed by atoms with E-state index in [2.05, 4.69) is 27.8 Å². The topological polar surface area (TPSA) is 63.5 Å². The van der Waals surface area contributed by atoms with Gasteiger partial charge < -0.3 is 9.80 Å². The van der Waals surface area contributed by atoms with Crippen LogP contribution in [0.4, 0.5) is 10.2 Å². The molecule has 0 radical (unpaired) electrons. The maximum absolute atomic E-state index is 13.2. The lowest BCUT2D eigenvalue weighted by atomic mass is 9.94. The molecule has 0 saturated carbocycles. The molecule has 4 atom stereocenters. The third-order valence-corrected chi connectivity index (χ3v) is 7.11. The summed E-state index contributed by atoms with van der Waals surface area (Å²) in [5.41, 5.74) is 1.63. The maximum atomic E-state index is 13.2. The van der Waals surface area contributed by atoms with Gasteiger partial charge in [-0.3, -0.25) is 9.69 Å². The number of anilines is 1. The predicted octanol–water partition coefficient (Wildman–Crippen LogP) is 2.96. The van der Waals surface area contributed by atoms with Gasteiger partial charge in [-0.1, -0.05) is 19.1 Å². The Labute approximate surface area is 181 Å². The van der Waals surface area contributed by atoms with Crippen molar-refractivity contribution < 1.29 is 9.18 Å². The Morgan fingerprint density at radius 1 is 1.23 bits per heavy atom. The van der Waals surface area contributed by atoms with E-state index in [1.54, 1.807) is 6.20 Å². The molecule has 3 aliphatic heterocycles. The summed E-state index contributed by atoms with van der Waals surface area (Å²) >= 11 is 0. The zero-order valence-corrected chi connectivity index (χ0v) is 17.6. The molecule has 1 amide bonds. The van der Waals surface area contributed by atoms with Crippen LogP contribution in [0.1, 0.15) is 36.9 Å². The summed E-state index contributed by atoms with van der Waals surface area (Å²) in [7, 11) is 0. The first-order chi connectivity index (χ1) is 15.0. The molecule has 4 heterocycles. The van der Waals surface area contributed by atoms with E-state index in [9.17, 15) is 9.18 Å². The molecule has 3 saturated heterocycles. The number of nitriles is 1. The lowest BCUT2D eigenvalue weighted by molar-refractivity contribution is -0.135. The Morgan fingerprint density at radius 3 is 2.65 bits per heavy atom. The minimum Gasteiger partial charge on any atom is -0.347 e. The van der Waals surface area contributed by atoms with Crippen molar-refractivity contribution in [3.63, 3.8) is 0 Å². The van der Waals surface area contributed by atoms with E-state index in [1.165, 1.54) is 12.1 Å². The van der Waals surface area contributed by atoms with Crippen LogP contribution in [0, 0.1) is 23.1 Å². The molecule has 5 rings (SSSR count). The number of carbonyl (C=O) groups excluding carboxylic acids is 1. The highest BCUT2D eigenvalue weighted by Crippen LogP contribution is 2.38. The Morgan fingerprint density at radius 2 is 2.03 bits per heavy atom. The standard InChI is InChI=1S/C24H26FN5O/c1-16-10-20-13-29(14-22(16)30(20)23-7-2-17(11-26)12-27-23)24(31)15-28-9-8-21(28)18-3-5-19(25)6-4-18/h2-7,12,16,20-22H,8-10,13-15H2,1H3/t16-,20?,21?,22+/m0/s1. The molecule has 160 valence electrons. The monoisotopic (exact) mass is 419 g/mol. The molecule has 1 aromatic carbocycles. The van der Waals surface area contributed by atoms with Crippen molar-refractivity contribution in [2.45, 2.75) is 37.9 Å². The molecule has 2 unspecified atom stereocenters. The normalized spacial score (nSPS) is 27.6. The highest BCUT2D eigenvalue weighted by molar-refractivity contribution is 5.79. The Balaban J connectivity index is 1.25. The van der Waals surface area contributed by atoms with E-state index >= 15 is 0 Å². The van der Waals surface area contributed by atoms with Crippen LogP contribution in [0.2, 0.25) is 0 Å². The van der Waals surface area contributed by atoms with Crippen molar-refractivity contribution in [3.05, 3.63) is 59.5 Å². The molecular weight excluding hydrogens is 393 g/mol. The van der Waals surface area contributed by atoms with Gasteiger partial charge in [0.2, 0.25) is 5.91 Å². The molecule has 7 heteroatoms. The first-order valence-electron chi connectivity index (χ1n) is 11.0. The van der Waals surface area contributed by atoms with Crippen LogP contribution < -0.4 is 4.90 Å². The molecule has 0 N–H and O–H groups in total. The van der Waals surface area contributed by atoms with Gasteiger partial charge in [-0.05, 0) is 48.6 Å². The zero-order chi connectivity index (χ0) is 21.5. The lowest BCUT2D eigenvalue weighted by Gasteiger charge is -2.45. The van der Waals surface area contributed by atoms with Crippen LogP contribution in [-0.2, 0) is 4.79 Å². The molecule has 0 spiro atoms. The second-order valence-corrected chi connectivity index (χ2v) is 8.98. The summed E-state index contributed by atoms with van der Waals surface area (Å²) in [6, 6.07) is 13.2. The van der Waals surface area contributed by atoms with Gasteiger partial charge in [0.15, 0.2) is 0 Å². The van der Waals surface area contributed by atoms with Gasteiger partial charge in [0.25, 0.3) is 0 Å². The lowest BCUT2D eigenvalue weighted by Crippen LogP contribution is -2.58. The van der Waals surface area contributed by atoms with Crippen molar-refractivity contribution >= 4 is 11.7 Å². The summed E-state index contributed by atoms with van der Waals surface area (Å²) in [4.78, 5) is 24.2. The minimum atomic E-state index is -0.232. The second kappa shape index (κ2) is 7.93. The molecule has 1 aromatic heterocycles. The Bertz CT molecular complexity index is 1000. The third kappa shape index (κ3) is 3.66. The summed E-state index contributed by atoms with van der Waals surface area (Å²) in [6.07, 6.45) is 3.66. The average molecular weight is 420 g/mol. The summed E-state index contributed by atoms with van der Waals surface area (Å²) in [5, 5.41) is 9.03. The zero-order valence-electron chi connectivity index (χ0n) is 17.6. The van der Waals surface area contributed by atoms with Crippen molar-refractivity contribution in [1.82, 2.24) is 14.8 Å². The third-order valence-electron chi connectivity index (χ3n) is 7.11. The van der Waals surface area contributed by atoms with Gasteiger partial charge in [-0.25, -0.2) is 9.37 Å². The number of carbonyl (C=O) groups is 1. The number of piperazine rings is 1. The van der Waals surface area contributed by atoms with Crippen molar-refractivity contribution in [3.8, 4) is 6.07 Å². The molecule has 31 heavy (non-hydrogen) atoms. The maximum Gasteiger partial charge on any atom is 0.236 e. The number of pyridine rings is 1. The molecule has 6 nitrogen and oxygen atoms in total. The second-order valence-electron chi connectivity index (χ2n) is 8.98. The number of hydrogen-bond acceptors (Lipinski definition) is 5. The summed E-state index contributed by atoms with van der Waals surface area (Å²) < 4.78 is 13.2. The number of nitrogens with zero attached hydrogens (tertiary/aromatic N) is 5. The van der Waals surface area contributed by atoms with E-state index in [1.807, 2.05) is 29.2 Å². The first-order valence-corrected chi connectivity index (χ1v) is 11.0. The Hall–Kier alpha value is -2.98. The van der Waals surface area contributed by atoms with Gasteiger partial charge in [0, 0.05) is 37.9 Å². The van der Waals surface area contributed by atoms with Crippen molar-refractivity contribution in [2.24, 2.45) is 5.92 Å². The van der Waals surface area contributed by atoms with E-state index in [4.69, 9.17) is 5.26 Å². The smallest absolute Gasteiger partial charge is 0.236 e. The number of fused-ring (bicyclic) bond motifs is 2. The fraction of sp³-hybridized carbons (Fsp3) is 0.458. The van der Waals surface area contributed by atoms with Crippen molar-refractivity contribution in [1.29, 1.82) is 5.26 Å². The first kappa shape index (κ1) is 20.0. The van der Waals surface area contributed by atoms with Gasteiger partial charge in [0.1, 0.15) is 17.7 Å². The summed E-state index contributed by atoms with van der Waals surface area (Å²) in [5.74, 6) is 1.31. The van der Waals surface area contributed by atoms with Crippen LogP contribution in [0.15, 0.2) is 42.6 Å². The number of benzene rings is 1. The summed E-state index contributed by atoms with van der Waals surface area (Å²) in [6.45, 7) is 4.95. The predicted molar refractivity (Wildman–Crippen MR) is 115 cm³/mol. The van der Waals surface area contributed by atoms with E-state index in [0.717, 1.165) is 30.8 Å². The number of likely N-dealkylation sites (tertiary alicyclic amines) is 2. The molecular formula is C24H26FN5O. The van der Waals surface area contributed by atoms with Crippen LogP contribution in [-0.4, -0.2) is 59.0 Å². The molecule has 0 aliphatic carbocycles. The Kier molecular flexibility index (Phi) is 5.11. The molecule has 2 bridgehead atoms. The average Bonchev–Trinajstić information content (AvgIpc) is 2.96. The van der Waals surface area contributed by atoms with Crippen molar-refractivity contribution in [2.75, 3.05) is 31.1 Å². The van der Waals surface area contributed by atoms with Crippen LogP contribution in [0.3, 0.4) is 0 Å². The minimum absolute atomic E-state index is 0.170. The van der Waals surface area contributed by atoms with E-state index in [-0.39, 0.29) is 29.8 Å². The van der Waals surface area contributed by atoms with Crippen LogP contribution in [0.25, 0.3) is 0 Å². The quantitative estimate of drug-likeness (QED) is 0.763. The number of aromatic nitrogens is 1. The van der Waals surface area contributed by atoms with E-state index < -0.39 is 0 Å². The molecule has 3 aliphatic rings. The SMILES string of the molecule is C[C@H]1CC2CN(C(=O)CN3CCC3c3ccc(F)cc3)C[C@H]1N2c1ccc(C#N)cn1. The van der Waals surface area contributed by atoms with Gasteiger partial charge >= 0.3 is 0 Å². The fourth-order valence-corrected chi connectivity index (χ4v) is 5.36. The number of halogens is 1. The van der Waals surface area contributed by atoms with Gasteiger partial charge in [-0.2, -0.15) is 5.26 Å². The number of hydrogen-bond donors (Lipinski definition) is 0. The number of rotatable bonds is 4. The molecule has 3 fully saturated rings. The van der Waals surface area contributed by atoms with E-state index in [0.29, 0.717) is 31.1 Å². The number of amides is 1. The highest BCUT2D eigenvalue weighted by Gasteiger charge is 2.46. The fourth-order valence-electron chi connectivity index (χ4n) is 5.36. The largest absolute Gasteiger partial charge is 0.347 e. The van der Waals surface area contributed by atoms with Gasteiger partial charge in [0.05, 0.1) is 18.2 Å². The van der Waals surface area contributed by atoms with Crippen LogP contribution in [0.5, 0.6) is 0 Å². The van der Waals surface area contributed by atoms with Crippen LogP contribution >= 0.6 is 0 Å². The van der Waals surface area contributed by atoms with Gasteiger partial charge in [-0.15, -0.1) is 0 Å². The molecule has 2 aromatic rings. The highest BCUT2D eigenvalue weighted by atomic mass is 19.1.